The van der Waals surface area contributed by atoms with E-state index in [1.807, 2.05) is 36.4 Å². The summed E-state index contributed by atoms with van der Waals surface area (Å²) in [5.41, 5.74) is 1.27. The van der Waals surface area contributed by atoms with Crippen LogP contribution in [0, 0.1) is 17.7 Å². The predicted molar refractivity (Wildman–Crippen MR) is 130 cm³/mol. The fourth-order valence-corrected chi connectivity index (χ4v) is 3.80. The number of ether oxygens (including phenoxy) is 1. The molecule has 1 aliphatic rings. The average Bonchev–Trinajstić information content (AvgIpc) is 2.82. The van der Waals surface area contributed by atoms with E-state index < -0.39 is 17.5 Å². The second-order valence-electron chi connectivity index (χ2n) is 8.61. The van der Waals surface area contributed by atoms with Gasteiger partial charge in [0.15, 0.2) is 5.82 Å². The molecule has 3 aromatic rings. The molecule has 2 atom stereocenters. The Morgan fingerprint density at radius 3 is 2.56 bits per heavy atom. The van der Waals surface area contributed by atoms with E-state index in [-0.39, 0.29) is 5.69 Å². The minimum Gasteiger partial charge on any atom is -0.492 e. The number of benzene rings is 2. The molecule has 34 heavy (non-hydrogen) atoms. The van der Waals surface area contributed by atoms with Crippen molar-refractivity contribution >= 4 is 11.6 Å². The van der Waals surface area contributed by atoms with Gasteiger partial charge in [-0.25, -0.2) is 9.37 Å². The van der Waals surface area contributed by atoms with Crippen molar-refractivity contribution in [3.63, 3.8) is 0 Å². The number of piperidine rings is 1. The Kier molecular flexibility index (Phi) is 7.50. The summed E-state index contributed by atoms with van der Waals surface area (Å²) < 4.78 is 20.3. The van der Waals surface area contributed by atoms with E-state index in [0.717, 1.165) is 11.1 Å². The van der Waals surface area contributed by atoms with Gasteiger partial charge in [-0.15, -0.1) is 0 Å². The number of pyridine rings is 1. The maximum atomic E-state index is 14.5. The number of rotatable bonds is 5. The van der Waals surface area contributed by atoms with Crippen molar-refractivity contribution in [3.05, 3.63) is 82.9 Å². The summed E-state index contributed by atoms with van der Waals surface area (Å²) in [6.45, 7) is 3.93. The van der Waals surface area contributed by atoms with Crippen molar-refractivity contribution in [3.8, 4) is 28.7 Å². The Labute approximate surface area is 203 Å². The number of halogens is 2. The van der Waals surface area contributed by atoms with Crippen LogP contribution >= 0.6 is 11.6 Å². The summed E-state index contributed by atoms with van der Waals surface area (Å²) in [6, 6.07) is 15.8. The molecule has 0 bridgehead atoms. The SMILES string of the molecule is C[C@@]1(O)CCN(CCOc2ccc(C#Cc3ncc(-c4ccc(Cl)cc4)cc3F)cc2)CC1O. The lowest BCUT2D eigenvalue weighted by Crippen LogP contribution is -2.54. The molecule has 4 rings (SSSR count). The Hall–Kier alpha value is -2.95. The van der Waals surface area contributed by atoms with Crippen LogP contribution in [0.25, 0.3) is 11.1 Å². The molecule has 1 unspecified atom stereocenters. The molecule has 7 heteroatoms. The summed E-state index contributed by atoms with van der Waals surface area (Å²) in [4.78, 5) is 6.24. The smallest absolute Gasteiger partial charge is 0.158 e. The monoisotopic (exact) mass is 480 g/mol. The van der Waals surface area contributed by atoms with Crippen molar-refractivity contribution in [2.75, 3.05) is 26.2 Å². The molecule has 0 radical (unpaired) electrons. The van der Waals surface area contributed by atoms with E-state index in [9.17, 15) is 14.6 Å². The minimum absolute atomic E-state index is 0.0840. The Morgan fingerprint density at radius 2 is 1.88 bits per heavy atom. The number of hydrogen-bond donors (Lipinski definition) is 2. The molecule has 2 aromatic carbocycles. The van der Waals surface area contributed by atoms with Gasteiger partial charge in [0, 0.05) is 42.0 Å². The number of likely N-dealkylation sites (tertiary alicyclic amines) is 1. The van der Waals surface area contributed by atoms with Crippen molar-refractivity contribution in [2.45, 2.75) is 25.0 Å². The van der Waals surface area contributed by atoms with Gasteiger partial charge in [-0.1, -0.05) is 29.7 Å². The maximum Gasteiger partial charge on any atom is 0.158 e. The van der Waals surface area contributed by atoms with Gasteiger partial charge in [0.2, 0.25) is 0 Å². The highest BCUT2D eigenvalue weighted by molar-refractivity contribution is 6.30. The lowest BCUT2D eigenvalue weighted by atomic mass is 9.91. The van der Waals surface area contributed by atoms with E-state index in [0.29, 0.717) is 49.0 Å². The Bertz CT molecular complexity index is 1190. The normalized spacial score (nSPS) is 20.4. The molecule has 1 saturated heterocycles. The highest BCUT2D eigenvalue weighted by atomic mass is 35.5. The first-order chi connectivity index (χ1) is 16.3. The first kappa shape index (κ1) is 24.2. The molecule has 1 aromatic heterocycles. The zero-order valence-electron chi connectivity index (χ0n) is 18.8. The van der Waals surface area contributed by atoms with Gasteiger partial charge in [0.05, 0.1) is 11.7 Å². The van der Waals surface area contributed by atoms with Crippen molar-refractivity contribution in [2.24, 2.45) is 0 Å². The molecule has 5 nitrogen and oxygen atoms in total. The molecule has 176 valence electrons. The zero-order valence-corrected chi connectivity index (χ0v) is 19.6. The highest BCUT2D eigenvalue weighted by Gasteiger charge is 2.35. The maximum absolute atomic E-state index is 14.5. The predicted octanol–water partition coefficient (Wildman–Crippen LogP) is 4.14. The van der Waals surface area contributed by atoms with Crippen LogP contribution in [0.5, 0.6) is 5.75 Å². The largest absolute Gasteiger partial charge is 0.492 e. The van der Waals surface area contributed by atoms with E-state index in [4.69, 9.17) is 16.3 Å². The molecule has 0 aliphatic carbocycles. The van der Waals surface area contributed by atoms with Crippen molar-refractivity contribution in [1.29, 1.82) is 0 Å². The topological polar surface area (TPSA) is 65.8 Å². The van der Waals surface area contributed by atoms with E-state index in [1.165, 1.54) is 6.07 Å². The molecule has 0 amide bonds. The lowest BCUT2D eigenvalue weighted by molar-refractivity contribution is -0.108. The van der Waals surface area contributed by atoms with Crippen LogP contribution in [0.3, 0.4) is 0 Å². The molecule has 0 saturated carbocycles. The number of β-amino-alcohol motifs (C(OH)–C–C–N with tert-alkyl or cyclic N) is 1. The Morgan fingerprint density at radius 1 is 1.15 bits per heavy atom. The van der Waals surface area contributed by atoms with Crippen molar-refractivity contribution < 1.29 is 19.3 Å². The molecule has 1 fully saturated rings. The molecule has 2 N–H and O–H groups in total. The van der Waals surface area contributed by atoms with Crippen LogP contribution in [0.2, 0.25) is 5.02 Å². The first-order valence-corrected chi connectivity index (χ1v) is 11.5. The first-order valence-electron chi connectivity index (χ1n) is 11.1. The van der Waals surface area contributed by atoms with Crippen LogP contribution < -0.4 is 4.74 Å². The number of nitrogens with zero attached hydrogens (tertiary/aromatic N) is 2. The minimum atomic E-state index is -1.02. The summed E-state index contributed by atoms with van der Waals surface area (Å²) in [7, 11) is 0. The second kappa shape index (κ2) is 10.5. The summed E-state index contributed by atoms with van der Waals surface area (Å²) in [6.07, 6.45) is 1.36. The number of aliphatic hydroxyl groups excluding tert-OH is 1. The van der Waals surface area contributed by atoms with Gasteiger partial charge in [-0.2, -0.15) is 0 Å². The van der Waals surface area contributed by atoms with Gasteiger partial charge >= 0.3 is 0 Å². The van der Waals surface area contributed by atoms with Crippen LogP contribution in [0.1, 0.15) is 24.6 Å². The number of aliphatic hydroxyl groups is 2. The molecule has 2 heterocycles. The van der Waals surface area contributed by atoms with Gasteiger partial charge in [-0.3, -0.25) is 4.90 Å². The second-order valence-corrected chi connectivity index (χ2v) is 9.04. The lowest BCUT2D eigenvalue weighted by Gasteiger charge is -2.39. The van der Waals surface area contributed by atoms with Crippen molar-refractivity contribution in [1.82, 2.24) is 9.88 Å². The third kappa shape index (κ3) is 6.13. The van der Waals surface area contributed by atoms with Crippen LogP contribution in [0.4, 0.5) is 4.39 Å². The van der Waals surface area contributed by atoms with Gasteiger partial charge < -0.3 is 14.9 Å². The third-order valence-electron chi connectivity index (χ3n) is 5.96. The van der Waals surface area contributed by atoms with Gasteiger partial charge in [-0.05, 0) is 67.3 Å². The standard InChI is InChI=1S/C27H26ClFN2O3/c1-27(33)12-13-31(18-26(27)32)14-15-34-23-9-2-19(3-10-23)4-11-25-24(29)16-21(17-30-25)20-5-7-22(28)8-6-20/h2-3,5-10,16-17,26,32-33H,12-15,18H2,1H3/t26?,27-/m1/s1. The average molecular weight is 481 g/mol. The van der Waals surface area contributed by atoms with Crippen LogP contribution in [0.15, 0.2) is 60.8 Å². The van der Waals surface area contributed by atoms with Gasteiger partial charge in [0.25, 0.3) is 0 Å². The molecular formula is C27H26ClFN2O3. The Balaban J connectivity index is 1.31. The van der Waals surface area contributed by atoms with E-state index in [1.54, 1.807) is 25.3 Å². The van der Waals surface area contributed by atoms with Gasteiger partial charge in [0.1, 0.15) is 18.1 Å². The molecule has 0 spiro atoms. The number of hydrogen-bond acceptors (Lipinski definition) is 5. The zero-order chi connectivity index (χ0) is 24.1. The summed E-state index contributed by atoms with van der Waals surface area (Å²) in [5, 5.41) is 20.7. The fourth-order valence-electron chi connectivity index (χ4n) is 3.68. The third-order valence-corrected chi connectivity index (χ3v) is 6.21. The molecular weight excluding hydrogens is 455 g/mol. The van der Waals surface area contributed by atoms with Crippen LogP contribution in [-0.2, 0) is 0 Å². The summed E-state index contributed by atoms with van der Waals surface area (Å²) in [5.74, 6) is 5.93. The summed E-state index contributed by atoms with van der Waals surface area (Å²) >= 11 is 5.90. The number of aromatic nitrogens is 1. The van der Waals surface area contributed by atoms with E-state index >= 15 is 0 Å². The highest BCUT2D eigenvalue weighted by Crippen LogP contribution is 2.23. The van der Waals surface area contributed by atoms with E-state index in [2.05, 4.69) is 21.7 Å². The molecule has 1 aliphatic heterocycles. The fraction of sp³-hybridized carbons (Fsp3) is 0.296. The van der Waals surface area contributed by atoms with Crippen LogP contribution in [-0.4, -0.2) is 58.0 Å². The quantitative estimate of drug-likeness (QED) is 0.537.